The molecule has 11 heavy (non-hydrogen) atoms. The lowest BCUT2D eigenvalue weighted by atomic mass is 9.98. The van der Waals surface area contributed by atoms with Gasteiger partial charge >= 0.3 is 0 Å². The van der Waals surface area contributed by atoms with Crippen molar-refractivity contribution in [1.29, 1.82) is 0 Å². The number of amides is 1. The molecule has 0 unspecified atom stereocenters. The van der Waals surface area contributed by atoms with E-state index in [1.807, 2.05) is 13.8 Å². The van der Waals surface area contributed by atoms with Crippen LogP contribution < -0.4 is 11.1 Å². The van der Waals surface area contributed by atoms with Crippen molar-refractivity contribution in [3.63, 3.8) is 0 Å². The van der Waals surface area contributed by atoms with Crippen molar-refractivity contribution >= 4 is 5.91 Å². The van der Waals surface area contributed by atoms with Crippen LogP contribution in [0.4, 0.5) is 0 Å². The number of nitrogens with two attached hydrogens (primary N) is 1. The van der Waals surface area contributed by atoms with E-state index in [0.717, 1.165) is 0 Å². The SMILES string of the molecule is CC.CNC(=O)C1(N)COC1. The van der Waals surface area contributed by atoms with Gasteiger partial charge in [-0.15, -0.1) is 0 Å². The smallest absolute Gasteiger partial charge is 0.244 e. The standard InChI is InChI=1S/C5H10N2O2.C2H6/c1-7-4(8)5(6)2-9-3-5;1-2/h2-3,6H2,1H3,(H,7,8);1-2H3. The van der Waals surface area contributed by atoms with Crippen molar-refractivity contribution in [2.24, 2.45) is 5.73 Å². The van der Waals surface area contributed by atoms with E-state index in [-0.39, 0.29) is 5.91 Å². The number of hydrogen-bond acceptors (Lipinski definition) is 3. The Bertz CT molecular complexity index is 132. The minimum Gasteiger partial charge on any atom is -0.376 e. The molecule has 0 bridgehead atoms. The summed E-state index contributed by atoms with van der Waals surface area (Å²) in [4.78, 5) is 10.8. The second-order valence-electron chi connectivity index (χ2n) is 2.23. The molecule has 1 aliphatic rings. The van der Waals surface area contributed by atoms with Crippen LogP contribution in [0.2, 0.25) is 0 Å². The fourth-order valence-corrected chi connectivity index (χ4v) is 0.702. The first-order chi connectivity index (χ1) is 5.19. The number of nitrogens with one attached hydrogen (secondary N) is 1. The predicted molar refractivity (Wildman–Crippen MR) is 43.2 cm³/mol. The minimum atomic E-state index is -0.741. The molecule has 3 N–H and O–H groups in total. The molecule has 1 fully saturated rings. The van der Waals surface area contributed by atoms with Gasteiger partial charge in [0.1, 0.15) is 5.54 Å². The molecule has 1 amide bonds. The highest BCUT2D eigenvalue weighted by Gasteiger charge is 2.41. The number of carbonyl (C=O) groups is 1. The van der Waals surface area contributed by atoms with Crippen LogP contribution >= 0.6 is 0 Å². The van der Waals surface area contributed by atoms with Gasteiger partial charge in [0.25, 0.3) is 0 Å². The molecule has 4 heteroatoms. The van der Waals surface area contributed by atoms with E-state index < -0.39 is 5.54 Å². The van der Waals surface area contributed by atoms with Crippen molar-refractivity contribution in [1.82, 2.24) is 5.32 Å². The molecule has 0 radical (unpaired) electrons. The van der Waals surface area contributed by atoms with Crippen LogP contribution in [0.1, 0.15) is 13.8 Å². The molecule has 1 aliphatic heterocycles. The quantitative estimate of drug-likeness (QED) is 0.543. The van der Waals surface area contributed by atoms with E-state index in [9.17, 15) is 4.79 Å². The topological polar surface area (TPSA) is 64.4 Å². The largest absolute Gasteiger partial charge is 0.376 e. The third-order valence-electron chi connectivity index (χ3n) is 1.40. The van der Waals surface area contributed by atoms with Crippen LogP contribution in [-0.4, -0.2) is 31.7 Å². The van der Waals surface area contributed by atoms with Gasteiger partial charge < -0.3 is 15.8 Å². The zero-order valence-electron chi connectivity index (χ0n) is 7.31. The highest BCUT2D eigenvalue weighted by molar-refractivity contribution is 5.86. The van der Waals surface area contributed by atoms with Crippen LogP contribution in [0.3, 0.4) is 0 Å². The summed E-state index contributed by atoms with van der Waals surface area (Å²) in [5, 5.41) is 2.46. The molecular weight excluding hydrogens is 144 g/mol. The van der Waals surface area contributed by atoms with Crippen LogP contribution in [-0.2, 0) is 9.53 Å². The minimum absolute atomic E-state index is 0.145. The molecular formula is C7H16N2O2. The first-order valence-electron chi connectivity index (χ1n) is 3.78. The summed E-state index contributed by atoms with van der Waals surface area (Å²) in [6.07, 6.45) is 0. The van der Waals surface area contributed by atoms with E-state index >= 15 is 0 Å². The summed E-state index contributed by atoms with van der Waals surface area (Å²) in [5.41, 5.74) is 4.78. The van der Waals surface area contributed by atoms with Crippen molar-refractivity contribution in [2.45, 2.75) is 19.4 Å². The van der Waals surface area contributed by atoms with Gasteiger partial charge in [-0.25, -0.2) is 0 Å². The van der Waals surface area contributed by atoms with Crippen molar-refractivity contribution in [3.05, 3.63) is 0 Å². The van der Waals surface area contributed by atoms with E-state index in [2.05, 4.69) is 5.32 Å². The normalized spacial score (nSPS) is 18.9. The van der Waals surface area contributed by atoms with Gasteiger partial charge in [-0.3, -0.25) is 4.79 Å². The Labute approximate surface area is 67.1 Å². The fourth-order valence-electron chi connectivity index (χ4n) is 0.702. The zero-order valence-corrected chi connectivity index (χ0v) is 7.31. The molecule has 0 aromatic rings. The van der Waals surface area contributed by atoms with Crippen molar-refractivity contribution < 1.29 is 9.53 Å². The summed E-state index contributed by atoms with van der Waals surface area (Å²) in [6, 6.07) is 0. The Morgan fingerprint density at radius 3 is 2.09 bits per heavy atom. The molecule has 0 atom stereocenters. The van der Waals surface area contributed by atoms with Gasteiger partial charge in [0.05, 0.1) is 13.2 Å². The molecule has 0 saturated carbocycles. The monoisotopic (exact) mass is 160 g/mol. The van der Waals surface area contributed by atoms with Gasteiger partial charge in [-0.2, -0.15) is 0 Å². The van der Waals surface area contributed by atoms with E-state index in [1.54, 1.807) is 7.05 Å². The number of rotatable bonds is 1. The summed E-state index contributed by atoms with van der Waals surface area (Å²) in [7, 11) is 1.56. The van der Waals surface area contributed by atoms with Gasteiger partial charge in [0, 0.05) is 7.05 Å². The van der Waals surface area contributed by atoms with Crippen LogP contribution in [0, 0.1) is 0 Å². The number of carbonyl (C=O) groups excluding carboxylic acids is 1. The Morgan fingerprint density at radius 2 is 2.00 bits per heavy atom. The molecule has 1 rings (SSSR count). The van der Waals surface area contributed by atoms with Gasteiger partial charge in [-0.1, -0.05) is 13.8 Å². The van der Waals surface area contributed by atoms with Crippen molar-refractivity contribution in [2.75, 3.05) is 20.3 Å². The van der Waals surface area contributed by atoms with E-state index in [0.29, 0.717) is 13.2 Å². The molecule has 0 aromatic heterocycles. The average molecular weight is 160 g/mol. The summed E-state index contributed by atoms with van der Waals surface area (Å²) < 4.78 is 4.78. The molecule has 0 aromatic carbocycles. The number of likely N-dealkylation sites (N-methyl/N-ethyl adjacent to an activating group) is 1. The van der Waals surface area contributed by atoms with Gasteiger partial charge in [-0.05, 0) is 0 Å². The Hall–Kier alpha value is -0.610. The first kappa shape index (κ1) is 10.4. The lowest BCUT2D eigenvalue weighted by Crippen LogP contribution is -2.66. The molecule has 66 valence electrons. The number of ether oxygens (including phenoxy) is 1. The summed E-state index contributed by atoms with van der Waals surface area (Å²) >= 11 is 0. The Morgan fingerprint density at radius 1 is 1.55 bits per heavy atom. The summed E-state index contributed by atoms with van der Waals surface area (Å²) in [6.45, 7) is 4.68. The second kappa shape index (κ2) is 4.31. The van der Waals surface area contributed by atoms with Crippen molar-refractivity contribution in [3.8, 4) is 0 Å². The Kier molecular flexibility index (Phi) is 4.07. The second-order valence-corrected chi connectivity index (χ2v) is 2.23. The van der Waals surface area contributed by atoms with Crippen LogP contribution in [0.25, 0.3) is 0 Å². The van der Waals surface area contributed by atoms with Gasteiger partial charge in [0.15, 0.2) is 0 Å². The maximum atomic E-state index is 10.8. The third-order valence-corrected chi connectivity index (χ3v) is 1.40. The lowest BCUT2D eigenvalue weighted by molar-refractivity contribution is -0.142. The predicted octanol–water partition coefficient (Wildman–Crippen LogP) is -0.514. The number of hydrogen-bond donors (Lipinski definition) is 2. The third kappa shape index (κ3) is 2.17. The maximum Gasteiger partial charge on any atom is 0.244 e. The Balaban J connectivity index is 0.000000461. The maximum absolute atomic E-state index is 10.8. The zero-order chi connectivity index (χ0) is 8.91. The van der Waals surface area contributed by atoms with E-state index in [4.69, 9.17) is 10.5 Å². The lowest BCUT2D eigenvalue weighted by Gasteiger charge is -2.35. The average Bonchev–Trinajstić information content (AvgIpc) is 2.02. The molecule has 4 nitrogen and oxygen atoms in total. The highest BCUT2D eigenvalue weighted by Crippen LogP contribution is 2.12. The molecule has 0 aliphatic carbocycles. The fraction of sp³-hybridized carbons (Fsp3) is 0.857. The van der Waals surface area contributed by atoms with Crippen LogP contribution in [0.5, 0.6) is 0 Å². The highest BCUT2D eigenvalue weighted by atomic mass is 16.5. The molecule has 1 saturated heterocycles. The molecule has 0 spiro atoms. The van der Waals surface area contributed by atoms with Gasteiger partial charge in [0.2, 0.25) is 5.91 Å². The molecule has 1 heterocycles. The summed E-state index contributed by atoms with van der Waals surface area (Å²) in [5.74, 6) is -0.145. The van der Waals surface area contributed by atoms with Crippen LogP contribution in [0.15, 0.2) is 0 Å². The van der Waals surface area contributed by atoms with E-state index in [1.165, 1.54) is 0 Å². The first-order valence-corrected chi connectivity index (χ1v) is 3.78.